The summed E-state index contributed by atoms with van der Waals surface area (Å²) in [6.45, 7) is 6.09. The number of alkyl carbamates (subject to hydrolysis) is 1. The number of carbonyl (C=O) groups excluding carboxylic acids is 2. The lowest BCUT2D eigenvalue weighted by Crippen LogP contribution is -2.45. The quantitative estimate of drug-likeness (QED) is 0.248. The molecule has 212 valence electrons. The second kappa shape index (κ2) is 11.1. The van der Waals surface area contributed by atoms with Crippen LogP contribution in [0.1, 0.15) is 48.2 Å². The Morgan fingerprint density at radius 3 is 2.14 bits per heavy atom. The molecule has 8 heteroatoms. The van der Waals surface area contributed by atoms with Gasteiger partial charge in [-0.3, -0.25) is 4.79 Å². The number of para-hydroxylation sites is 1. The largest absolute Gasteiger partial charge is 0.488 e. The summed E-state index contributed by atoms with van der Waals surface area (Å²) in [5.41, 5.74) is 6.19. The molecule has 1 N–H and O–H groups in total. The molecule has 0 radical (unpaired) electrons. The van der Waals surface area contributed by atoms with E-state index in [1.807, 2.05) is 81.4 Å². The molecular weight excluding hydrogens is 528 g/mol. The molecule has 8 nitrogen and oxygen atoms in total. The molecule has 0 fully saturated rings. The van der Waals surface area contributed by atoms with Crippen LogP contribution in [-0.4, -0.2) is 45.2 Å². The van der Waals surface area contributed by atoms with E-state index >= 15 is 0 Å². The molecule has 1 heterocycles. The van der Waals surface area contributed by atoms with Crippen molar-refractivity contribution in [1.29, 1.82) is 0 Å². The zero-order chi connectivity index (χ0) is 29.3. The van der Waals surface area contributed by atoms with Crippen molar-refractivity contribution in [1.82, 2.24) is 20.3 Å². The van der Waals surface area contributed by atoms with Gasteiger partial charge in [0.2, 0.25) is 0 Å². The van der Waals surface area contributed by atoms with Gasteiger partial charge in [-0.25, -0.2) is 4.79 Å². The molecule has 0 saturated heterocycles. The molecule has 0 unspecified atom stereocenters. The number of ether oxygens (including phenoxy) is 2. The summed E-state index contributed by atoms with van der Waals surface area (Å²) in [5.74, 6) is 0.222. The van der Waals surface area contributed by atoms with Crippen molar-refractivity contribution in [2.45, 2.75) is 44.8 Å². The first-order valence-corrected chi connectivity index (χ1v) is 14.0. The molecule has 1 aliphatic rings. The predicted octanol–water partition coefficient (Wildman–Crippen LogP) is 6.40. The first kappa shape index (κ1) is 27.2. The number of nitrogens with one attached hydrogen (secondary N) is 1. The van der Waals surface area contributed by atoms with Crippen LogP contribution in [0.2, 0.25) is 0 Å². The van der Waals surface area contributed by atoms with E-state index in [4.69, 9.17) is 9.47 Å². The van der Waals surface area contributed by atoms with Gasteiger partial charge < -0.3 is 14.8 Å². The molecule has 0 aliphatic heterocycles. The van der Waals surface area contributed by atoms with Gasteiger partial charge in [0, 0.05) is 12.3 Å². The Morgan fingerprint density at radius 1 is 0.857 bits per heavy atom. The van der Waals surface area contributed by atoms with Gasteiger partial charge in [0.05, 0.1) is 5.52 Å². The number of aromatic nitrogens is 3. The van der Waals surface area contributed by atoms with Gasteiger partial charge in [-0.15, -0.1) is 5.10 Å². The maximum Gasteiger partial charge on any atom is 0.407 e. The van der Waals surface area contributed by atoms with Crippen LogP contribution in [0.25, 0.3) is 22.2 Å². The molecule has 6 rings (SSSR count). The summed E-state index contributed by atoms with van der Waals surface area (Å²) in [6.07, 6.45) is -0.445. The van der Waals surface area contributed by atoms with Crippen molar-refractivity contribution in [2.75, 3.05) is 6.61 Å². The molecule has 42 heavy (non-hydrogen) atoms. The van der Waals surface area contributed by atoms with Crippen molar-refractivity contribution < 1.29 is 19.1 Å². The molecule has 1 aromatic heterocycles. The van der Waals surface area contributed by atoms with Crippen LogP contribution in [-0.2, 0) is 11.2 Å². The Labute approximate surface area is 244 Å². The molecule has 1 atom stereocenters. The molecule has 1 aliphatic carbocycles. The molecule has 1 amide bonds. The van der Waals surface area contributed by atoms with Crippen LogP contribution in [0.4, 0.5) is 4.79 Å². The normalized spacial score (nSPS) is 13.3. The average molecular weight is 561 g/mol. The number of hydrogen-bond acceptors (Lipinski definition) is 6. The van der Waals surface area contributed by atoms with E-state index in [1.165, 1.54) is 4.68 Å². The van der Waals surface area contributed by atoms with Crippen LogP contribution in [0, 0.1) is 0 Å². The molecule has 0 spiro atoms. The van der Waals surface area contributed by atoms with Crippen molar-refractivity contribution in [2.24, 2.45) is 0 Å². The summed E-state index contributed by atoms with van der Waals surface area (Å²) < 4.78 is 12.9. The summed E-state index contributed by atoms with van der Waals surface area (Å²) >= 11 is 0. The summed E-state index contributed by atoms with van der Waals surface area (Å²) in [4.78, 5) is 27.0. The highest BCUT2D eigenvalue weighted by Gasteiger charge is 2.30. The Hall–Kier alpha value is -4.98. The summed E-state index contributed by atoms with van der Waals surface area (Å²) in [6, 6.07) is 30.1. The lowest BCUT2D eigenvalue weighted by atomic mass is 9.98. The fourth-order valence-electron chi connectivity index (χ4n) is 5.44. The van der Waals surface area contributed by atoms with Crippen molar-refractivity contribution in [3.63, 3.8) is 0 Å². The van der Waals surface area contributed by atoms with Gasteiger partial charge in [-0.2, -0.15) is 4.68 Å². The highest BCUT2D eigenvalue weighted by atomic mass is 16.5. The average Bonchev–Trinajstić information content (AvgIpc) is 3.55. The standard InChI is InChI=1S/C34H32N4O4/c1-34(2,3)42-23-18-16-22(17-19-23)20-30(32(39)38-31-15-9-8-14-29(31)36-37-38)35-33(40)41-21-28-26-12-6-4-10-24(26)25-11-5-7-13-27(25)28/h4-19,28,30H,20-21H2,1-3H3,(H,35,40)/t30-/m0/s1. The van der Waals surface area contributed by atoms with Crippen LogP contribution in [0.15, 0.2) is 97.1 Å². The molecule has 4 aromatic carbocycles. The van der Waals surface area contributed by atoms with Crippen LogP contribution < -0.4 is 10.1 Å². The number of benzene rings is 4. The second-order valence-electron chi connectivity index (χ2n) is 11.4. The van der Waals surface area contributed by atoms with Crippen molar-refractivity contribution >= 4 is 23.0 Å². The van der Waals surface area contributed by atoms with E-state index in [0.29, 0.717) is 11.0 Å². The predicted molar refractivity (Wildman–Crippen MR) is 161 cm³/mol. The van der Waals surface area contributed by atoms with Gasteiger partial charge in [0.25, 0.3) is 5.91 Å². The Bertz CT molecular complexity index is 1710. The van der Waals surface area contributed by atoms with Gasteiger partial charge in [-0.1, -0.05) is 78.0 Å². The van der Waals surface area contributed by atoms with Crippen LogP contribution >= 0.6 is 0 Å². The fraction of sp³-hybridized carbons (Fsp3) is 0.235. The van der Waals surface area contributed by atoms with E-state index in [1.54, 1.807) is 12.1 Å². The Kier molecular flexibility index (Phi) is 7.20. The van der Waals surface area contributed by atoms with Gasteiger partial charge in [-0.05, 0) is 72.9 Å². The zero-order valence-electron chi connectivity index (χ0n) is 23.8. The second-order valence-corrected chi connectivity index (χ2v) is 11.4. The number of carbonyl (C=O) groups is 2. The number of nitrogens with zero attached hydrogens (tertiary/aromatic N) is 3. The first-order chi connectivity index (χ1) is 20.3. The third kappa shape index (κ3) is 5.61. The fourth-order valence-corrected chi connectivity index (χ4v) is 5.44. The maximum atomic E-state index is 13.8. The van der Waals surface area contributed by atoms with Crippen molar-refractivity contribution in [3.05, 3.63) is 114 Å². The number of amides is 1. The SMILES string of the molecule is CC(C)(C)Oc1ccc(C[C@H](NC(=O)OCC2c3ccccc3-c3ccccc32)C(=O)n2nnc3ccccc32)cc1. The summed E-state index contributed by atoms with van der Waals surface area (Å²) in [5, 5.41) is 11.0. The molecule has 0 bridgehead atoms. The van der Waals surface area contributed by atoms with Gasteiger partial charge in [0.1, 0.15) is 29.5 Å². The topological polar surface area (TPSA) is 95.3 Å². The zero-order valence-corrected chi connectivity index (χ0v) is 23.8. The van der Waals surface area contributed by atoms with Crippen LogP contribution in [0.3, 0.4) is 0 Å². The van der Waals surface area contributed by atoms with E-state index in [2.05, 4.69) is 39.9 Å². The lowest BCUT2D eigenvalue weighted by Gasteiger charge is -2.22. The Balaban J connectivity index is 1.21. The first-order valence-electron chi connectivity index (χ1n) is 14.0. The van der Waals surface area contributed by atoms with E-state index in [0.717, 1.165) is 33.6 Å². The van der Waals surface area contributed by atoms with Gasteiger partial charge in [0.15, 0.2) is 0 Å². The van der Waals surface area contributed by atoms with E-state index in [9.17, 15) is 9.59 Å². The maximum absolute atomic E-state index is 13.8. The minimum absolute atomic E-state index is 0.0908. The minimum atomic E-state index is -0.944. The highest BCUT2D eigenvalue weighted by molar-refractivity contribution is 5.93. The van der Waals surface area contributed by atoms with E-state index < -0.39 is 18.0 Å². The lowest BCUT2D eigenvalue weighted by molar-refractivity contribution is 0.0826. The third-order valence-corrected chi connectivity index (χ3v) is 7.28. The number of hydrogen-bond donors (Lipinski definition) is 1. The minimum Gasteiger partial charge on any atom is -0.488 e. The molecular formula is C34H32N4O4. The third-order valence-electron chi connectivity index (χ3n) is 7.28. The smallest absolute Gasteiger partial charge is 0.407 e. The molecule has 0 saturated carbocycles. The highest BCUT2D eigenvalue weighted by Crippen LogP contribution is 2.44. The monoisotopic (exact) mass is 560 g/mol. The summed E-state index contributed by atoms with van der Waals surface area (Å²) in [7, 11) is 0. The number of rotatable bonds is 7. The van der Waals surface area contributed by atoms with Crippen LogP contribution in [0.5, 0.6) is 5.75 Å². The van der Waals surface area contributed by atoms with E-state index in [-0.39, 0.29) is 24.5 Å². The van der Waals surface area contributed by atoms with Crippen molar-refractivity contribution in [3.8, 4) is 16.9 Å². The molecule has 5 aromatic rings. The van der Waals surface area contributed by atoms with Gasteiger partial charge >= 0.3 is 6.09 Å². The Morgan fingerprint density at radius 2 is 1.48 bits per heavy atom. The number of fused-ring (bicyclic) bond motifs is 4.